The fraction of sp³-hybridized carbons (Fsp3) is 0.419. The van der Waals surface area contributed by atoms with E-state index in [0.717, 1.165) is 10.5 Å². The number of carbonyl (C=O) groups is 6. The fourth-order valence-electron chi connectivity index (χ4n) is 4.91. The Labute approximate surface area is 270 Å². The van der Waals surface area contributed by atoms with Crippen LogP contribution in [0.1, 0.15) is 39.1 Å². The molecule has 2 aromatic rings. The van der Waals surface area contributed by atoms with Gasteiger partial charge in [0, 0.05) is 39.1 Å². The van der Waals surface area contributed by atoms with Gasteiger partial charge in [-0.15, -0.1) is 0 Å². The van der Waals surface area contributed by atoms with Crippen molar-refractivity contribution in [3.8, 4) is 0 Å². The first-order valence-electron chi connectivity index (χ1n) is 14.6. The van der Waals surface area contributed by atoms with Gasteiger partial charge in [0.05, 0.1) is 47.6 Å². The number of halogens is 2. The van der Waals surface area contributed by atoms with Gasteiger partial charge in [0.25, 0.3) is 17.7 Å². The Balaban J connectivity index is 1.01. The molecule has 1 saturated heterocycles. The Kier molecular flexibility index (Phi) is 12.5. The number of amides is 5. The van der Waals surface area contributed by atoms with E-state index in [0.29, 0.717) is 40.6 Å². The summed E-state index contributed by atoms with van der Waals surface area (Å²) in [6, 6.07) is 11.9. The van der Waals surface area contributed by atoms with Gasteiger partial charge in [-0.25, -0.2) is 0 Å². The highest BCUT2D eigenvalue weighted by Gasteiger charge is 2.42. The van der Waals surface area contributed by atoms with Crippen LogP contribution in [0.4, 0.5) is 0 Å². The molecule has 4 rings (SSSR count). The topological polar surface area (TPSA) is 151 Å². The smallest absolute Gasteiger partial charge is 0.290 e. The molecule has 0 bridgehead atoms. The number of Topliss-reactive ketones (excluding diaryl/α,β-unsaturated/α-hetero) is 1. The monoisotopic (exact) mass is 660 g/mol. The minimum absolute atomic E-state index is 0.00284. The molecule has 0 saturated carbocycles. The van der Waals surface area contributed by atoms with E-state index >= 15 is 0 Å². The average Bonchev–Trinajstić information content (AvgIpc) is 3.45. The number of fused-ring (bicyclic) bond motifs is 1. The molecule has 2 heterocycles. The number of likely N-dealkylation sites (tertiary alicyclic amines) is 1. The standard InChI is InChI=1S/C31H34Cl2N4O8/c32-24-8-7-20(18-25(24)33)4-3-10-35-28(40)23-19-36(31(43)27(23)39)13-15-45-17-16-44-14-11-34-26(38)9-12-37-29(41)21-5-1-2-6-22(21)30(37)42/h1-2,5-8,18,23H,3-4,9-17,19H2,(H,34,38)(H,35,40). The molecule has 240 valence electrons. The first kappa shape index (κ1) is 34.0. The van der Waals surface area contributed by atoms with Crippen LogP contribution in [0, 0.1) is 5.92 Å². The van der Waals surface area contributed by atoms with Crippen LogP contribution >= 0.6 is 23.2 Å². The average molecular weight is 662 g/mol. The van der Waals surface area contributed by atoms with Gasteiger partial charge in [0.1, 0.15) is 5.92 Å². The van der Waals surface area contributed by atoms with Crippen LogP contribution < -0.4 is 10.6 Å². The van der Waals surface area contributed by atoms with Crippen LogP contribution in [0.3, 0.4) is 0 Å². The molecule has 2 aliphatic rings. The van der Waals surface area contributed by atoms with Gasteiger partial charge in [-0.05, 0) is 42.7 Å². The van der Waals surface area contributed by atoms with Crippen molar-refractivity contribution < 1.29 is 38.2 Å². The van der Waals surface area contributed by atoms with Crippen molar-refractivity contribution in [1.82, 2.24) is 20.4 Å². The number of rotatable bonds is 17. The van der Waals surface area contributed by atoms with E-state index in [1.807, 2.05) is 6.07 Å². The third-order valence-electron chi connectivity index (χ3n) is 7.35. The lowest BCUT2D eigenvalue weighted by atomic mass is 10.1. The zero-order chi connectivity index (χ0) is 32.3. The summed E-state index contributed by atoms with van der Waals surface area (Å²) in [6.45, 7) is 1.60. The van der Waals surface area contributed by atoms with Gasteiger partial charge < -0.3 is 25.0 Å². The SMILES string of the molecule is O=C(CCN1C(=O)c2ccccc2C1=O)NCCOCCOCCN1CC(C(=O)NCCCc2ccc(Cl)c(Cl)c2)C(=O)C1=O. The van der Waals surface area contributed by atoms with Crippen molar-refractivity contribution in [3.05, 3.63) is 69.2 Å². The van der Waals surface area contributed by atoms with Crippen LogP contribution in [-0.4, -0.2) is 104 Å². The largest absolute Gasteiger partial charge is 0.377 e. The van der Waals surface area contributed by atoms with Crippen LogP contribution in [0.2, 0.25) is 10.0 Å². The van der Waals surface area contributed by atoms with Crippen molar-refractivity contribution in [2.75, 3.05) is 59.2 Å². The predicted molar refractivity (Wildman–Crippen MR) is 164 cm³/mol. The van der Waals surface area contributed by atoms with E-state index in [4.69, 9.17) is 32.7 Å². The molecular formula is C31H34Cl2N4O8. The molecule has 12 nitrogen and oxygen atoms in total. The number of carbonyl (C=O) groups excluding carboxylic acids is 6. The molecule has 45 heavy (non-hydrogen) atoms. The molecule has 0 spiro atoms. The highest BCUT2D eigenvalue weighted by Crippen LogP contribution is 2.24. The molecule has 1 unspecified atom stereocenters. The summed E-state index contributed by atoms with van der Waals surface area (Å²) in [5.74, 6) is -4.08. The van der Waals surface area contributed by atoms with E-state index in [-0.39, 0.29) is 64.9 Å². The number of imide groups is 1. The molecule has 5 amide bonds. The van der Waals surface area contributed by atoms with Crippen LogP contribution in [0.25, 0.3) is 0 Å². The third-order valence-corrected chi connectivity index (χ3v) is 8.09. The van der Waals surface area contributed by atoms with Crippen LogP contribution in [0.5, 0.6) is 0 Å². The number of nitrogens with one attached hydrogen (secondary N) is 2. The second-order valence-corrected chi connectivity index (χ2v) is 11.3. The molecule has 14 heteroatoms. The molecule has 0 radical (unpaired) electrons. The Morgan fingerprint density at radius 3 is 2.18 bits per heavy atom. The molecule has 2 aliphatic heterocycles. The second kappa shape index (κ2) is 16.5. The summed E-state index contributed by atoms with van der Waals surface area (Å²) in [7, 11) is 0. The maximum Gasteiger partial charge on any atom is 0.290 e. The van der Waals surface area contributed by atoms with Gasteiger partial charge >= 0.3 is 0 Å². The van der Waals surface area contributed by atoms with Crippen molar-refractivity contribution >= 4 is 58.5 Å². The summed E-state index contributed by atoms with van der Waals surface area (Å²) in [6.07, 6.45) is 1.27. The lowest BCUT2D eigenvalue weighted by Gasteiger charge is -2.15. The van der Waals surface area contributed by atoms with Gasteiger partial charge in [0.2, 0.25) is 17.6 Å². The second-order valence-electron chi connectivity index (χ2n) is 10.4. The summed E-state index contributed by atoms with van der Waals surface area (Å²) in [5.41, 5.74) is 1.66. The number of hydrogen-bond donors (Lipinski definition) is 2. The molecule has 1 fully saturated rings. The number of benzene rings is 2. The number of aryl methyl sites for hydroxylation is 1. The first-order valence-corrected chi connectivity index (χ1v) is 15.3. The summed E-state index contributed by atoms with van der Waals surface area (Å²) in [5, 5.41) is 6.33. The van der Waals surface area contributed by atoms with Crippen molar-refractivity contribution in [1.29, 1.82) is 0 Å². The Hall–Kier alpha value is -3.84. The van der Waals surface area contributed by atoms with E-state index in [9.17, 15) is 28.8 Å². The molecule has 0 aliphatic carbocycles. The lowest BCUT2D eigenvalue weighted by Crippen LogP contribution is -2.36. The minimum Gasteiger partial charge on any atom is -0.377 e. The molecule has 0 aromatic heterocycles. The summed E-state index contributed by atoms with van der Waals surface area (Å²) < 4.78 is 10.9. The normalized spacial score (nSPS) is 16.0. The molecule has 2 N–H and O–H groups in total. The van der Waals surface area contributed by atoms with Crippen molar-refractivity contribution in [2.24, 2.45) is 5.92 Å². The van der Waals surface area contributed by atoms with E-state index < -0.39 is 35.3 Å². The summed E-state index contributed by atoms with van der Waals surface area (Å²) in [4.78, 5) is 76.4. The fourth-order valence-corrected chi connectivity index (χ4v) is 5.23. The zero-order valence-corrected chi connectivity index (χ0v) is 26.0. The van der Waals surface area contributed by atoms with E-state index in [1.54, 1.807) is 36.4 Å². The number of hydrogen-bond acceptors (Lipinski definition) is 8. The minimum atomic E-state index is -1.05. The van der Waals surface area contributed by atoms with Gasteiger partial charge in [-0.1, -0.05) is 41.4 Å². The first-order chi connectivity index (χ1) is 21.7. The Morgan fingerprint density at radius 2 is 1.49 bits per heavy atom. The van der Waals surface area contributed by atoms with E-state index in [1.165, 1.54) is 4.90 Å². The van der Waals surface area contributed by atoms with Crippen molar-refractivity contribution in [3.63, 3.8) is 0 Å². The van der Waals surface area contributed by atoms with Crippen LogP contribution in [-0.2, 0) is 35.1 Å². The summed E-state index contributed by atoms with van der Waals surface area (Å²) >= 11 is 11.9. The molecular weight excluding hydrogens is 627 g/mol. The maximum atomic E-state index is 12.5. The molecule has 2 aromatic carbocycles. The van der Waals surface area contributed by atoms with Gasteiger partial charge in [-0.3, -0.25) is 33.7 Å². The molecule has 1 atom stereocenters. The lowest BCUT2D eigenvalue weighted by molar-refractivity contribution is -0.142. The van der Waals surface area contributed by atoms with Crippen molar-refractivity contribution in [2.45, 2.75) is 19.3 Å². The van der Waals surface area contributed by atoms with Gasteiger partial charge in [-0.2, -0.15) is 0 Å². The predicted octanol–water partition coefficient (Wildman–Crippen LogP) is 1.91. The highest BCUT2D eigenvalue weighted by molar-refractivity contribution is 6.42. The highest BCUT2D eigenvalue weighted by atomic mass is 35.5. The maximum absolute atomic E-state index is 12.5. The Bertz CT molecular complexity index is 1420. The number of nitrogens with zero attached hydrogens (tertiary/aromatic N) is 2. The number of ketones is 1. The third kappa shape index (κ3) is 9.10. The van der Waals surface area contributed by atoms with E-state index in [2.05, 4.69) is 10.6 Å². The van der Waals surface area contributed by atoms with Crippen LogP contribution in [0.15, 0.2) is 42.5 Å². The van der Waals surface area contributed by atoms with Gasteiger partial charge in [0.15, 0.2) is 0 Å². The quantitative estimate of drug-likeness (QED) is 0.113. The number of ether oxygens (including phenoxy) is 2. The Morgan fingerprint density at radius 1 is 0.800 bits per heavy atom. The zero-order valence-electron chi connectivity index (χ0n) is 24.5.